The summed E-state index contributed by atoms with van der Waals surface area (Å²) in [5.41, 5.74) is 5.15. The Bertz CT molecular complexity index is 603. The molecule has 0 radical (unpaired) electrons. The monoisotopic (exact) mass is 287 g/mol. The highest BCUT2D eigenvalue weighted by molar-refractivity contribution is 7.89. The van der Waals surface area contributed by atoms with Gasteiger partial charge in [-0.2, -0.15) is 4.72 Å². The van der Waals surface area contributed by atoms with Crippen molar-refractivity contribution in [1.82, 2.24) is 10.0 Å². The molecule has 1 aromatic rings. The molecule has 1 fully saturated rings. The van der Waals surface area contributed by atoms with Gasteiger partial charge in [0.15, 0.2) is 0 Å². The second-order valence-corrected chi connectivity index (χ2v) is 6.00. The van der Waals surface area contributed by atoms with Gasteiger partial charge in [0.05, 0.1) is 10.6 Å². The number of amides is 1. The molecule has 104 valence electrons. The van der Waals surface area contributed by atoms with Crippen LogP contribution in [0.15, 0.2) is 23.1 Å². The number of nitrogen functional groups attached to an aromatic ring is 1. The van der Waals surface area contributed by atoms with Gasteiger partial charge in [-0.05, 0) is 31.0 Å². The normalized spacial score (nSPS) is 20.1. The van der Waals surface area contributed by atoms with Crippen molar-refractivity contribution in [2.24, 2.45) is 0 Å². The Labute approximate surface area is 110 Å². The smallest absolute Gasteiger partial charge is 0.241 e. The Hall–Kier alpha value is -1.67. The molecule has 1 unspecified atom stereocenters. The van der Waals surface area contributed by atoms with E-state index in [-0.39, 0.29) is 16.5 Å². The molecule has 4 N–H and O–H groups in total. The van der Waals surface area contributed by atoms with Gasteiger partial charge in [-0.15, -0.1) is 0 Å². The van der Waals surface area contributed by atoms with Crippen molar-refractivity contribution in [2.75, 3.05) is 12.3 Å². The minimum Gasteiger partial charge on any atom is -0.396 e. The first-order valence-corrected chi connectivity index (χ1v) is 7.23. The van der Waals surface area contributed by atoms with E-state index in [1.807, 2.05) is 0 Å². The largest absolute Gasteiger partial charge is 0.396 e. The van der Waals surface area contributed by atoms with Crippen LogP contribution in [-0.4, -0.2) is 26.9 Å². The van der Waals surface area contributed by atoms with Crippen molar-refractivity contribution < 1.29 is 17.6 Å². The maximum Gasteiger partial charge on any atom is 0.241 e. The van der Waals surface area contributed by atoms with Gasteiger partial charge in [0, 0.05) is 6.54 Å². The van der Waals surface area contributed by atoms with E-state index in [9.17, 15) is 17.6 Å². The summed E-state index contributed by atoms with van der Waals surface area (Å²) in [7, 11) is -3.94. The van der Waals surface area contributed by atoms with Crippen LogP contribution < -0.4 is 15.8 Å². The molecule has 0 aromatic heterocycles. The number of hydrogen-bond donors (Lipinski definition) is 3. The zero-order valence-electron chi connectivity index (χ0n) is 10.0. The van der Waals surface area contributed by atoms with Gasteiger partial charge >= 0.3 is 0 Å². The van der Waals surface area contributed by atoms with Crippen LogP contribution in [-0.2, 0) is 14.8 Å². The van der Waals surface area contributed by atoms with Gasteiger partial charge < -0.3 is 11.1 Å². The van der Waals surface area contributed by atoms with Gasteiger partial charge in [0.2, 0.25) is 15.9 Å². The van der Waals surface area contributed by atoms with Gasteiger partial charge in [-0.3, -0.25) is 4.79 Å². The number of rotatable bonds is 3. The van der Waals surface area contributed by atoms with E-state index >= 15 is 0 Å². The van der Waals surface area contributed by atoms with Crippen LogP contribution in [0.3, 0.4) is 0 Å². The lowest BCUT2D eigenvalue weighted by atomic mass is 10.1. The highest BCUT2D eigenvalue weighted by Gasteiger charge is 2.27. The number of anilines is 1. The Balaban J connectivity index is 2.22. The minimum absolute atomic E-state index is 0.130. The maximum atomic E-state index is 13.3. The molecular formula is C11H14FN3O3S. The first-order valence-electron chi connectivity index (χ1n) is 5.75. The molecule has 6 nitrogen and oxygen atoms in total. The van der Waals surface area contributed by atoms with Crippen LogP contribution in [0.1, 0.15) is 12.8 Å². The minimum atomic E-state index is -3.94. The number of piperidine rings is 1. The number of nitrogens with one attached hydrogen (secondary N) is 2. The molecular weight excluding hydrogens is 273 g/mol. The molecule has 1 amide bonds. The third kappa shape index (κ3) is 3.02. The van der Waals surface area contributed by atoms with Gasteiger partial charge in [0.1, 0.15) is 11.9 Å². The number of hydrogen-bond acceptors (Lipinski definition) is 4. The molecule has 1 atom stereocenters. The summed E-state index contributed by atoms with van der Waals surface area (Å²) in [5, 5.41) is 2.57. The summed E-state index contributed by atoms with van der Waals surface area (Å²) >= 11 is 0. The lowest BCUT2D eigenvalue weighted by molar-refractivity contribution is -0.124. The topological polar surface area (TPSA) is 101 Å². The van der Waals surface area contributed by atoms with E-state index in [4.69, 9.17) is 5.73 Å². The predicted octanol–water partition coefficient (Wildman–Crippen LogP) is -0.0352. The average molecular weight is 287 g/mol. The maximum absolute atomic E-state index is 13.3. The van der Waals surface area contributed by atoms with Crippen molar-refractivity contribution in [3.63, 3.8) is 0 Å². The van der Waals surface area contributed by atoms with E-state index in [1.54, 1.807) is 0 Å². The van der Waals surface area contributed by atoms with Gasteiger partial charge in [0.25, 0.3) is 0 Å². The third-order valence-electron chi connectivity index (χ3n) is 2.86. The molecule has 0 aliphatic carbocycles. The summed E-state index contributed by atoms with van der Waals surface area (Å²) in [4.78, 5) is 11.2. The van der Waals surface area contributed by atoms with Crippen LogP contribution in [0, 0.1) is 5.82 Å². The fourth-order valence-corrected chi connectivity index (χ4v) is 3.06. The molecule has 1 aliphatic heterocycles. The SMILES string of the molecule is Nc1ccc(S(=O)(=O)NC2CCCNC2=O)cc1F. The lowest BCUT2D eigenvalue weighted by Gasteiger charge is -2.22. The standard InChI is InChI=1S/C11H14FN3O3S/c12-8-6-7(3-4-9(8)13)19(17,18)15-10-2-1-5-14-11(10)16/h3-4,6,10,15H,1-2,5,13H2,(H,14,16). The van der Waals surface area contributed by atoms with E-state index in [1.165, 1.54) is 12.1 Å². The van der Waals surface area contributed by atoms with E-state index < -0.39 is 21.9 Å². The molecule has 0 bridgehead atoms. The second kappa shape index (κ2) is 5.14. The van der Waals surface area contributed by atoms with E-state index in [2.05, 4.69) is 10.0 Å². The zero-order chi connectivity index (χ0) is 14.0. The first kappa shape index (κ1) is 13.8. The number of carbonyl (C=O) groups is 1. The van der Waals surface area contributed by atoms with Crippen molar-refractivity contribution in [2.45, 2.75) is 23.8 Å². The molecule has 1 aliphatic rings. The average Bonchev–Trinajstić information content (AvgIpc) is 2.35. The summed E-state index contributed by atoms with van der Waals surface area (Å²) < 4.78 is 39.6. The summed E-state index contributed by atoms with van der Waals surface area (Å²) in [6.07, 6.45) is 1.11. The number of benzene rings is 1. The number of halogens is 1. The molecule has 8 heteroatoms. The molecule has 0 spiro atoms. The van der Waals surface area contributed by atoms with Crippen LogP contribution in [0.2, 0.25) is 0 Å². The third-order valence-corrected chi connectivity index (χ3v) is 4.33. The van der Waals surface area contributed by atoms with Crippen LogP contribution >= 0.6 is 0 Å². The lowest BCUT2D eigenvalue weighted by Crippen LogP contribution is -2.50. The first-order chi connectivity index (χ1) is 8.90. The quantitative estimate of drug-likeness (QED) is 0.679. The Kier molecular flexibility index (Phi) is 3.72. The van der Waals surface area contributed by atoms with E-state index in [0.717, 1.165) is 6.07 Å². The van der Waals surface area contributed by atoms with Crippen molar-refractivity contribution in [3.05, 3.63) is 24.0 Å². The van der Waals surface area contributed by atoms with Gasteiger partial charge in [-0.1, -0.05) is 0 Å². The van der Waals surface area contributed by atoms with Crippen LogP contribution in [0.25, 0.3) is 0 Å². The van der Waals surface area contributed by atoms with Crippen molar-refractivity contribution >= 4 is 21.6 Å². The molecule has 0 saturated carbocycles. The van der Waals surface area contributed by atoms with Gasteiger partial charge in [-0.25, -0.2) is 12.8 Å². The van der Waals surface area contributed by atoms with Crippen molar-refractivity contribution in [1.29, 1.82) is 0 Å². The second-order valence-electron chi connectivity index (χ2n) is 4.29. The highest BCUT2D eigenvalue weighted by atomic mass is 32.2. The molecule has 1 heterocycles. The Morgan fingerprint density at radius 2 is 2.16 bits per heavy atom. The van der Waals surface area contributed by atoms with Crippen LogP contribution in [0.4, 0.5) is 10.1 Å². The Morgan fingerprint density at radius 3 is 2.79 bits per heavy atom. The highest BCUT2D eigenvalue weighted by Crippen LogP contribution is 2.17. The zero-order valence-corrected chi connectivity index (χ0v) is 10.8. The van der Waals surface area contributed by atoms with Crippen molar-refractivity contribution in [3.8, 4) is 0 Å². The van der Waals surface area contributed by atoms with E-state index in [0.29, 0.717) is 19.4 Å². The fraction of sp³-hybridized carbons (Fsp3) is 0.364. The Morgan fingerprint density at radius 1 is 1.42 bits per heavy atom. The molecule has 1 aromatic carbocycles. The predicted molar refractivity (Wildman–Crippen MR) is 67.2 cm³/mol. The number of sulfonamides is 1. The fourth-order valence-electron chi connectivity index (χ4n) is 1.81. The molecule has 1 saturated heterocycles. The summed E-state index contributed by atoms with van der Waals surface area (Å²) in [5.74, 6) is -1.18. The number of nitrogens with two attached hydrogens (primary N) is 1. The number of carbonyl (C=O) groups excluding carboxylic acids is 1. The molecule has 2 rings (SSSR count). The molecule has 19 heavy (non-hydrogen) atoms. The van der Waals surface area contributed by atoms with Crippen LogP contribution in [0.5, 0.6) is 0 Å². The summed E-state index contributed by atoms with van der Waals surface area (Å²) in [6.45, 7) is 0.535. The summed E-state index contributed by atoms with van der Waals surface area (Å²) in [6, 6.07) is 2.38.